The number of anilines is 1. The lowest BCUT2D eigenvalue weighted by Gasteiger charge is -2.23. The van der Waals surface area contributed by atoms with Crippen LogP contribution in [0.15, 0.2) is 40.6 Å². The standard InChI is InChI=1S/C12H10ClNS2/c13-9-3-1-8(2-4-9)11-7-14-12-10(16-11)5-6-15-12/h1-6,11,14H,7H2. The quantitative estimate of drug-likeness (QED) is 0.806. The summed E-state index contributed by atoms with van der Waals surface area (Å²) >= 11 is 9.59. The molecular weight excluding hydrogens is 258 g/mol. The topological polar surface area (TPSA) is 12.0 Å². The van der Waals surface area contributed by atoms with Crippen LogP contribution in [-0.2, 0) is 0 Å². The van der Waals surface area contributed by atoms with E-state index in [0.717, 1.165) is 11.6 Å². The Bertz CT molecular complexity index is 492. The van der Waals surface area contributed by atoms with Crippen molar-refractivity contribution in [2.45, 2.75) is 10.1 Å². The molecule has 0 amide bonds. The minimum absolute atomic E-state index is 0.486. The molecule has 0 aliphatic carbocycles. The second-order valence-corrected chi connectivity index (χ2v) is 6.25. The van der Waals surface area contributed by atoms with Crippen molar-refractivity contribution in [3.63, 3.8) is 0 Å². The summed E-state index contributed by atoms with van der Waals surface area (Å²) in [6.45, 7) is 0.986. The van der Waals surface area contributed by atoms with Crippen LogP contribution in [0.25, 0.3) is 0 Å². The first kappa shape index (κ1) is 10.5. The highest BCUT2D eigenvalue weighted by atomic mass is 35.5. The summed E-state index contributed by atoms with van der Waals surface area (Å²) in [6.07, 6.45) is 0. The molecular formula is C12H10ClNS2. The number of thiophene rings is 1. The SMILES string of the molecule is Clc1ccc(C2CNc3sccc3S2)cc1. The van der Waals surface area contributed by atoms with Gasteiger partial charge in [-0.1, -0.05) is 23.7 Å². The van der Waals surface area contributed by atoms with Gasteiger partial charge in [-0.15, -0.1) is 23.1 Å². The predicted octanol–water partition coefficient (Wildman–Crippen LogP) is 4.66. The first-order valence-corrected chi connectivity index (χ1v) is 7.20. The number of thioether (sulfide) groups is 1. The normalized spacial score (nSPS) is 18.9. The van der Waals surface area contributed by atoms with Gasteiger partial charge in [0, 0.05) is 16.5 Å². The van der Waals surface area contributed by atoms with Crippen LogP contribution in [0.1, 0.15) is 10.8 Å². The molecule has 0 fully saturated rings. The maximum absolute atomic E-state index is 5.89. The van der Waals surface area contributed by atoms with Crippen LogP contribution in [0.3, 0.4) is 0 Å². The molecule has 2 heterocycles. The highest BCUT2D eigenvalue weighted by molar-refractivity contribution is 8.00. The van der Waals surface area contributed by atoms with Crippen LogP contribution < -0.4 is 5.32 Å². The van der Waals surface area contributed by atoms with E-state index < -0.39 is 0 Å². The molecule has 16 heavy (non-hydrogen) atoms. The lowest BCUT2D eigenvalue weighted by molar-refractivity contribution is 0.973. The van der Waals surface area contributed by atoms with Crippen LogP contribution in [0.2, 0.25) is 5.02 Å². The molecule has 0 radical (unpaired) electrons. The first-order chi connectivity index (χ1) is 7.83. The molecule has 1 atom stereocenters. The van der Waals surface area contributed by atoms with Gasteiger partial charge >= 0.3 is 0 Å². The summed E-state index contributed by atoms with van der Waals surface area (Å²) in [4.78, 5) is 1.36. The third kappa shape index (κ3) is 1.95. The third-order valence-electron chi connectivity index (χ3n) is 2.59. The average molecular weight is 268 g/mol. The molecule has 1 nitrogen and oxygen atoms in total. The van der Waals surface area contributed by atoms with Crippen molar-refractivity contribution in [3.05, 3.63) is 46.3 Å². The zero-order valence-corrected chi connectivity index (χ0v) is 10.8. The van der Waals surface area contributed by atoms with E-state index in [-0.39, 0.29) is 0 Å². The fourth-order valence-electron chi connectivity index (χ4n) is 1.76. The molecule has 1 aromatic heterocycles. The number of benzene rings is 1. The van der Waals surface area contributed by atoms with E-state index in [9.17, 15) is 0 Å². The molecule has 0 saturated carbocycles. The van der Waals surface area contributed by atoms with E-state index in [1.54, 1.807) is 11.3 Å². The molecule has 1 aliphatic rings. The minimum Gasteiger partial charge on any atom is -0.375 e. The summed E-state index contributed by atoms with van der Waals surface area (Å²) in [6, 6.07) is 10.3. The van der Waals surface area contributed by atoms with Crippen molar-refractivity contribution in [3.8, 4) is 0 Å². The molecule has 82 valence electrons. The van der Waals surface area contributed by atoms with Crippen molar-refractivity contribution < 1.29 is 0 Å². The van der Waals surface area contributed by atoms with Gasteiger partial charge in [-0.3, -0.25) is 0 Å². The van der Waals surface area contributed by atoms with Gasteiger partial charge in [0.1, 0.15) is 5.00 Å². The van der Waals surface area contributed by atoms with Crippen LogP contribution in [0, 0.1) is 0 Å². The molecule has 0 saturated heterocycles. The Balaban J connectivity index is 1.86. The Labute approximate surface area is 108 Å². The summed E-state index contributed by atoms with van der Waals surface area (Å²) in [5.41, 5.74) is 1.33. The first-order valence-electron chi connectivity index (χ1n) is 5.06. The lowest BCUT2D eigenvalue weighted by atomic mass is 10.1. The number of rotatable bonds is 1. The molecule has 0 bridgehead atoms. The fourth-order valence-corrected chi connectivity index (χ4v) is 4.05. The van der Waals surface area contributed by atoms with Gasteiger partial charge in [0.2, 0.25) is 0 Å². The average Bonchev–Trinajstić information content (AvgIpc) is 2.77. The van der Waals surface area contributed by atoms with Crippen molar-refractivity contribution in [2.24, 2.45) is 0 Å². The monoisotopic (exact) mass is 267 g/mol. The minimum atomic E-state index is 0.486. The van der Waals surface area contributed by atoms with Crippen LogP contribution in [-0.4, -0.2) is 6.54 Å². The Morgan fingerprint density at radius 2 is 2.00 bits per heavy atom. The highest BCUT2D eigenvalue weighted by Crippen LogP contribution is 2.45. The number of fused-ring (bicyclic) bond motifs is 1. The van der Waals surface area contributed by atoms with Crippen molar-refractivity contribution in [1.82, 2.24) is 0 Å². The molecule has 2 aromatic rings. The Morgan fingerprint density at radius 1 is 1.19 bits per heavy atom. The predicted molar refractivity (Wildman–Crippen MR) is 72.9 cm³/mol. The van der Waals surface area contributed by atoms with E-state index in [1.165, 1.54) is 15.5 Å². The van der Waals surface area contributed by atoms with Crippen LogP contribution >= 0.6 is 34.7 Å². The van der Waals surface area contributed by atoms with Gasteiger partial charge in [0.15, 0.2) is 0 Å². The van der Waals surface area contributed by atoms with Gasteiger partial charge < -0.3 is 5.32 Å². The molecule has 0 spiro atoms. The summed E-state index contributed by atoms with van der Waals surface area (Å²) in [5, 5.41) is 8.19. The van der Waals surface area contributed by atoms with Gasteiger partial charge in [-0.25, -0.2) is 0 Å². The van der Waals surface area contributed by atoms with E-state index in [2.05, 4.69) is 28.9 Å². The third-order valence-corrected chi connectivity index (χ3v) is 5.16. The number of nitrogens with one attached hydrogen (secondary N) is 1. The second-order valence-electron chi connectivity index (χ2n) is 3.65. The smallest absolute Gasteiger partial charge is 0.102 e. The van der Waals surface area contributed by atoms with Gasteiger partial charge in [-0.05, 0) is 29.1 Å². The summed E-state index contributed by atoms with van der Waals surface area (Å²) in [5.74, 6) is 0. The maximum atomic E-state index is 5.89. The lowest BCUT2D eigenvalue weighted by Crippen LogP contribution is -2.13. The van der Waals surface area contributed by atoms with E-state index in [0.29, 0.717) is 5.25 Å². The molecule has 1 aliphatic heterocycles. The largest absolute Gasteiger partial charge is 0.375 e. The summed E-state index contributed by atoms with van der Waals surface area (Å²) < 4.78 is 0. The molecule has 3 rings (SSSR count). The van der Waals surface area contributed by atoms with Crippen molar-refractivity contribution >= 4 is 39.7 Å². The van der Waals surface area contributed by atoms with Crippen molar-refractivity contribution in [1.29, 1.82) is 0 Å². The highest BCUT2D eigenvalue weighted by Gasteiger charge is 2.20. The number of halogens is 1. The summed E-state index contributed by atoms with van der Waals surface area (Å²) in [7, 11) is 0. The van der Waals surface area contributed by atoms with Gasteiger partial charge in [0.05, 0.1) is 5.25 Å². The molecule has 1 unspecified atom stereocenters. The van der Waals surface area contributed by atoms with E-state index >= 15 is 0 Å². The van der Waals surface area contributed by atoms with Gasteiger partial charge in [-0.2, -0.15) is 0 Å². The number of hydrogen-bond acceptors (Lipinski definition) is 3. The molecule has 1 aromatic carbocycles. The Hall–Kier alpha value is -0.640. The Kier molecular flexibility index (Phi) is 2.84. The second kappa shape index (κ2) is 4.32. The zero-order chi connectivity index (χ0) is 11.0. The molecule has 4 heteroatoms. The molecule has 1 N–H and O–H groups in total. The Morgan fingerprint density at radius 3 is 2.81 bits per heavy atom. The van der Waals surface area contributed by atoms with Crippen LogP contribution in [0.4, 0.5) is 5.00 Å². The van der Waals surface area contributed by atoms with Crippen molar-refractivity contribution in [2.75, 3.05) is 11.9 Å². The number of hydrogen-bond donors (Lipinski definition) is 1. The maximum Gasteiger partial charge on any atom is 0.102 e. The van der Waals surface area contributed by atoms with Gasteiger partial charge in [0.25, 0.3) is 0 Å². The zero-order valence-electron chi connectivity index (χ0n) is 8.44. The fraction of sp³-hybridized carbons (Fsp3) is 0.167. The van der Waals surface area contributed by atoms with E-state index in [1.807, 2.05) is 23.9 Å². The van der Waals surface area contributed by atoms with Crippen LogP contribution in [0.5, 0.6) is 0 Å². The van der Waals surface area contributed by atoms with E-state index in [4.69, 9.17) is 11.6 Å².